The van der Waals surface area contributed by atoms with Gasteiger partial charge in [0.25, 0.3) is 0 Å². The molecule has 0 saturated carbocycles. The van der Waals surface area contributed by atoms with E-state index in [1.807, 2.05) is 37.3 Å². The van der Waals surface area contributed by atoms with Crippen LogP contribution in [0.5, 0.6) is 11.5 Å². The summed E-state index contributed by atoms with van der Waals surface area (Å²) >= 11 is 0. The van der Waals surface area contributed by atoms with E-state index in [0.29, 0.717) is 6.42 Å². The van der Waals surface area contributed by atoms with E-state index in [4.69, 9.17) is 13.9 Å². The SMILES string of the molecule is CC(CO)(Cc1ccco1)c1ccc2c(c1)OCO2. The minimum absolute atomic E-state index is 0.0351. The van der Waals surface area contributed by atoms with Crippen molar-refractivity contribution in [3.63, 3.8) is 0 Å². The molecule has 2 heterocycles. The van der Waals surface area contributed by atoms with Crippen LogP contribution in [-0.2, 0) is 11.8 Å². The smallest absolute Gasteiger partial charge is 0.231 e. The lowest BCUT2D eigenvalue weighted by Crippen LogP contribution is -2.29. The molecule has 1 unspecified atom stereocenters. The van der Waals surface area contributed by atoms with E-state index in [2.05, 4.69) is 0 Å². The summed E-state index contributed by atoms with van der Waals surface area (Å²) in [7, 11) is 0. The van der Waals surface area contributed by atoms with Gasteiger partial charge in [-0.3, -0.25) is 0 Å². The third-order valence-corrected chi connectivity index (χ3v) is 3.56. The van der Waals surface area contributed by atoms with Gasteiger partial charge in [0.2, 0.25) is 6.79 Å². The fourth-order valence-corrected chi connectivity index (χ4v) is 2.32. The molecule has 19 heavy (non-hydrogen) atoms. The van der Waals surface area contributed by atoms with Crippen LogP contribution in [0, 0.1) is 0 Å². The van der Waals surface area contributed by atoms with Crippen molar-refractivity contribution in [1.29, 1.82) is 0 Å². The Bertz CT molecular complexity index is 562. The van der Waals surface area contributed by atoms with Crippen LogP contribution in [0.4, 0.5) is 0 Å². The van der Waals surface area contributed by atoms with E-state index in [1.165, 1.54) is 0 Å². The van der Waals surface area contributed by atoms with Crippen molar-refractivity contribution in [2.24, 2.45) is 0 Å². The van der Waals surface area contributed by atoms with Crippen molar-refractivity contribution < 1.29 is 19.0 Å². The van der Waals surface area contributed by atoms with E-state index in [9.17, 15) is 5.11 Å². The molecular weight excluding hydrogens is 244 g/mol. The maximum absolute atomic E-state index is 9.77. The molecule has 1 N–H and O–H groups in total. The highest BCUT2D eigenvalue weighted by Gasteiger charge is 2.29. The highest BCUT2D eigenvalue weighted by Crippen LogP contribution is 2.37. The number of benzene rings is 1. The van der Waals surface area contributed by atoms with Crippen molar-refractivity contribution in [2.75, 3.05) is 13.4 Å². The minimum Gasteiger partial charge on any atom is -0.469 e. The van der Waals surface area contributed by atoms with Gasteiger partial charge < -0.3 is 19.0 Å². The van der Waals surface area contributed by atoms with E-state index < -0.39 is 5.41 Å². The van der Waals surface area contributed by atoms with Crippen LogP contribution in [0.3, 0.4) is 0 Å². The molecule has 0 amide bonds. The molecule has 0 saturated heterocycles. The number of rotatable bonds is 4. The van der Waals surface area contributed by atoms with Gasteiger partial charge in [0.15, 0.2) is 11.5 Å². The normalized spacial score (nSPS) is 16.3. The summed E-state index contributed by atoms with van der Waals surface area (Å²) in [5, 5.41) is 9.77. The maximum atomic E-state index is 9.77. The summed E-state index contributed by atoms with van der Waals surface area (Å²) in [5.74, 6) is 2.34. The maximum Gasteiger partial charge on any atom is 0.231 e. The predicted molar refractivity (Wildman–Crippen MR) is 69.4 cm³/mol. The quantitative estimate of drug-likeness (QED) is 0.917. The second-order valence-electron chi connectivity index (χ2n) is 5.04. The van der Waals surface area contributed by atoms with Crippen molar-refractivity contribution in [1.82, 2.24) is 0 Å². The summed E-state index contributed by atoms with van der Waals surface area (Å²) in [6.45, 7) is 2.30. The zero-order chi connectivity index (χ0) is 13.3. The van der Waals surface area contributed by atoms with Crippen LogP contribution in [0.1, 0.15) is 18.2 Å². The number of aliphatic hydroxyl groups is 1. The number of fused-ring (bicyclic) bond motifs is 1. The van der Waals surface area contributed by atoms with Crippen molar-refractivity contribution >= 4 is 0 Å². The number of aliphatic hydroxyl groups excluding tert-OH is 1. The zero-order valence-electron chi connectivity index (χ0n) is 10.8. The van der Waals surface area contributed by atoms with Crippen molar-refractivity contribution in [3.8, 4) is 11.5 Å². The molecule has 0 fully saturated rings. The van der Waals surface area contributed by atoms with Gasteiger partial charge in [-0.1, -0.05) is 13.0 Å². The van der Waals surface area contributed by atoms with Crippen LogP contribution >= 0.6 is 0 Å². The molecule has 4 heteroatoms. The van der Waals surface area contributed by atoms with E-state index in [-0.39, 0.29) is 13.4 Å². The van der Waals surface area contributed by atoms with Crippen LogP contribution < -0.4 is 9.47 Å². The molecule has 1 aliphatic rings. The Hall–Kier alpha value is -1.94. The largest absolute Gasteiger partial charge is 0.469 e. The lowest BCUT2D eigenvalue weighted by molar-refractivity contribution is 0.173. The molecule has 1 aromatic carbocycles. The fraction of sp³-hybridized carbons (Fsp3) is 0.333. The molecule has 100 valence electrons. The van der Waals surface area contributed by atoms with Gasteiger partial charge in [-0.2, -0.15) is 0 Å². The van der Waals surface area contributed by atoms with E-state index in [1.54, 1.807) is 6.26 Å². The van der Waals surface area contributed by atoms with Gasteiger partial charge in [-0.15, -0.1) is 0 Å². The first-order valence-electron chi connectivity index (χ1n) is 6.25. The molecule has 1 aliphatic heterocycles. The van der Waals surface area contributed by atoms with E-state index in [0.717, 1.165) is 22.8 Å². The van der Waals surface area contributed by atoms with Crippen molar-refractivity contribution in [3.05, 3.63) is 47.9 Å². The van der Waals surface area contributed by atoms with Crippen molar-refractivity contribution in [2.45, 2.75) is 18.8 Å². The second kappa shape index (κ2) is 4.63. The van der Waals surface area contributed by atoms with Gasteiger partial charge in [-0.25, -0.2) is 0 Å². The molecule has 2 aromatic rings. The number of ether oxygens (including phenoxy) is 2. The Morgan fingerprint density at radius 1 is 1.21 bits per heavy atom. The molecule has 0 bridgehead atoms. The van der Waals surface area contributed by atoms with Gasteiger partial charge >= 0.3 is 0 Å². The van der Waals surface area contributed by atoms with E-state index >= 15 is 0 Å². The van der Waals surface area contributed by atoms with Gasteiger partial charge in [-0.05, 0) is 29.8 Å². The lowest BCUT2D eigenvalue weighted by Gasteiger charge is -2.27. The molecule has 3 rings (SSSR count). The number of hydrogen-bond acceptors (Lipinski definition) is 4. The van der Waals surface area contributed by atoms with Crippen LogP contribution in [-0.4, -0.2) is 18.5 Å². The highest BCUT2D eigenvalue weighted by atomic mass is 16.7. The molecule has 1 atom stereocenters. The lowest BCUT2D eigenvalue weighted by atomic mass is 9.79. The monoisotopic (exact) mass is 260 g/mol. The first-order chi connectivity index (χ1) is 9.21. The molecule has 0 aliphatic carbocycles. The first kappa shape index (κ1) is 12.1. The Labute approximate surface area is 111 Å². The number of furan rings is 1. The second-order valence-corrected chi connectivity index (χ2v) is 5.04. The minimum atomic E-state index is -0.404. The third-order valence-electron chi connectivity index (χ3n) is 3.56. The first-order valence-corrected chi connectivity index (χ1v) is 6.25. The fourth-order valence-electron chi connectivity index (χ4n) is 2.32. The van der Waals surface area contributed by atoms with Gasteiger partial charge in [0, 0.05) is 11.8 Å². The highest BCUT2D eigenvalue weighted by molar-refractivity contribution is 5.46. The van der Waals surface area contributed by atoms with Crippen LogP contribution in [0.15, 0.2) is 41.0 Å². The summed E-state index contributed by atoms with van der Waals surface area (Å²) in [6.07, 6.45) is 2.28. The van der Waals surface area contributed by atoms with Gasteiger partial charge in [0.1, 0.15) is 5.76 Å². The van der Waals surface area contributed by atoms with Crippen LogP contribution in [0.2, 0.25) is 0 Å². The summed E-state index contributed by atoms with van der Waals surface area (Å²) in [4.78, 5) is 0. The third kappa shape index (κ3) is 2.19. The summed E-state index contributed by atoms with van der Waals surface area (Å²) in [6, 6.07) is 9.55. The molecular formula is C15H16O4. The molecule has 0 spiro atoms. The zero-order valence-corrected chi connectivity index (χ0v) is 10.8. The average molecular weight is 260 g/mol. The Kier molecular flexibility index (Phi) is 2.95. The number of hydrogen-bond donors (Lipinski definition) is 1. The van der Waals surface area contributed by atoms with Crippen LogP contribution in [0.25, 0.3) is 0 Å². The predicted octanol–water partition coefficient (Wildman–Crippen LogP) is 2.50. The summed E-state index contributed by atoms with van der Waals surface area (Å²) in [5.41, 5.74) is 0.606. The molecule has 4 nitrogen and oxygen atoms in total. The summed E-state index contributed by atoms with van der Waals surface area (Å²) < 4.78 is 16.1. The Morgan fingerprint density at radius 2 is 2.05 bits per heavy atom. The average Bonchev–Trinajstić information content (AvgIpc) is 3.08. The topological polar surface area (TPSA) is 51.8 Å². The molecule has 0 radical (unpaired) electrons. The van der Waals surface area contributed by atoms with Gasteiger partial charge in [0.05, 0.1) is 12.9 Å². The molecule has 1 aromatic heterocycles. The standard InChI is InChI=1S/C15H16O4/c1-15(9-16,8-12-3-2-6-17-12)11-4-5-13-14(7-11)19-10-18-13/h2-7,16H,8-10H2,1H3. The Balaban J connectivity index is 1.92. The Morgan fingerprint density at radius 3 is 2.79 bits per heavy atom.